The van der Waals surface area contributed by atoms with E-state index in [1.54, 1.807) is 12.3 Å². The number of hydrogen-bond acceptors (Lipinski definition) is 3. The van der Waals surface area contributed by atoms with Gasteiger partial charge in [0.1, 0.15) is 0 Å². The minimum atomic E-state index is -0.163. The molecule has 0 aliphatic heterocycles. The number of pyridine rings is 1. The lowest BCUT2D eigenvalue weighted by Gasteiger charge is -2.18. The number of nitrogens with zero attached hydrogens (tertiary/aromatic N) is 1. The monoisotopic (exact) mass is 334 g/mol. The first-order valence-corrected chi connectivity index (χ1v) is 7.40. The Kier molecular flexibility index (Phi) is 3.61. The number of furan rings is 1. The molecule has 1 N–H and O–H groups in total. The lowest BCUT2D eigenvalue weighted by Crippen LogP contribution is -2.30. The molecule has 104 valence electrons. The second-order valence-corrected chi connectivity index (χ2v) is 6.07. The van der Waals surface area contributed by atoms with E-state index in [1.165, 1.54) is 6.26 Å². The van der Waals surface area contributed by atoms with Crippen molar-refractivity contribution < 1.29 is 9.21 Å². The normalized spacial score (nSPS) is 15.9. The third-order valence-electron chi connectivity index (χ3n) is 3.53. The molecule has 0 aromatic carbocycles. The van der Waals surface area contributed by atoms with Crippen molar-refractivity contribution in [2.45, 2.75) is 25.8 Å². The molecule has 2 heterocycles. The summed E-state index contributed by atoms with van der Waals surface area (Å²) in [5.41, 5.74) is 1.88. The lowest BCUT2D eigenvalue weighted by atomic mass is 10.0. The first kappa shape index (κ1) is 13.4. The third-order valence-corrected chi connectivity index (χ3v) is 3.97. The molecular formula is C15H15BrN2O2. The van der Waals surface area contributed by atoms with E-state index in [9.17, 15) is 4.79 Å². The fourth-order valence-electron chi connectivity index (χ4n) is 2.31. The highest BCUT2D eigenvalue weighted by molar-refractivity contribution is 9.10. The molecule has 4 nitrogen and oxygen atoms in total. The summed E-state index contributed by atoms with van der Waals surface area (Å²) in [6.07, 6.45) is 7.36. The van der Waals surface area contributed by atoms with E-state index in [4.69, 9.17) is 4.42 Å². The number of carbonyl (C=O) groups excluding carboxylic acids is 1. The van der Waals surface area contributed by atoms with Gasteiger partial charge in [-0.1, -0.05) is 0 Å². The van der Waals surface area contributed by atoms with Gasteiger partial charge in [-0.15, -0.1) is 0 Å². The van der Waals surface area contributed by atoms with E-state index < -0.39 is 0 Å². The van der Waals surface area contributed by atoms with Gasteiger partial charge in [0.2, 0.25) is 0 Å². The molecule has 0 spiro atoms. The average molecular weight is 335 g/mol. The molecule has 1 aliphatic rings. The third kappa shape index (κ3) is 2.77. The van der Waals surface area contributed by atoms with Crippen molar-refractivity contribution in [1.29, 1.82) is 0 Å². The lowest BCUT2D eigenvalue weighted by molar-refractivity contribution is 0.0902. The Morgan fingerprint density at radius 1 is 1.50 bits per heavy atom. The summed E-state index contributed by atoms with van der Waals surface area (Å²) >= 11 is 3.42. The van der Waals surface area contributed by atoms with Crippen molar-refractivity contribution in [1.82, 2.24) is 10.3 Å². The van der Waals surface area contributed by atoms with Crippen LogP contribution in [-0.2, 0) is 0 Å². The Bertz CT molecular complexity index is 634. The summed E-state index contributed by atoms with van der Waals surface area (Å²) in [6.45, 7) is 1.87. The van der Waals surface area contributed by atoms with Crippen LogP contribution >= 0.6 is 15.9 Å². The molecule has 2 aromatic rings. The highest BCUT2D eigenvalue weighted by Crippen LogP contribution is 2.41. The number of amides is 1. The average Bonchev–Trinajstić information content (AvgIpc) is 3.17. The number of halogens is 1. The van der Waals surface area contributed by atoms with E-state index in [1.807, 2.05) is 19.2 Å². The summed E-state index contributed by atoms with van der Waals surface area (Å²) in [5, 5.41) is 3.07. The molecule has 1 aliphatic carbocycles. The number of carbonyl (C=O) groups is 1. The summed E-state index contributed by atoms with van der Waals surface area (Å²) in [4.78, 5) is 16.5. The highest BCUT2D eigenvalue weighted by atomic mass is 79.9. The Labute approximate surface area is 125 Å². The summed E-state index contributed by atoms with van der Waals surface area (Å²) in [5.74, 6) is 0.716. The van der Waals surface area contributed by atoms with Gasteiger partial charge in [0.25, 0.3) is 5.91 Å². The molecular weight excluding hydrogens is 320 g/mol. The Hall–Kier alpha value is -1.62. The maximum Gasteiger partial charge on any atom is 0.287 e. The van der Waals surface area contributed by atoms with Gasteiger partial charge in [0, 0.05) is 22.4 Å². The zero-order chi connectivity index (χ0) is 14.1. The second-order valence-electron chi connectivity index (χ2n) is 5.16. The Morgan fingerprint density at radius 2 is 2.30 bits per heavy atom. The fraction of sp³-hybridized carbons (Fsp3) is 0.333. The topological polar surface area (TPSA) is 55.1 Å². The van der Waals surface area contributed by atoms with Gasteiger partial charge in [-0.05, 0) is 59.3 Å². The van der Waals surface area contributed by atoms with Gasteiger partial charge in [0.15, 0.2) is 5.76 Å². The van der Waals surface area contributed by atoms with Crippen LogP contribution in [0.15, 0.2) is 39.7 Å². The molecule has 2 aromatic heterocycles. The molecule has 3 rings (SSSR count). The van der Waals surface area contributed by atoms with Crippen molar-refractivity contribution in [3.63, 3.8) is 0 Å². The first-order valence-electron chi connectivity index (χ1n) is 6.60. The van der Waals surface area contributed by atoms with Gasteiger partial charge >= 0.3 is 0 Å². The number of rotatable bonds is 4. The molecule has 0 bridgehead atoms. The molecule has 0 unspecified atom stereocenters. The molecule has 1 amide bonds. The van der Waals surface area contributed by atoms with Crippen LogP contribution in [0.4, 0.5) is 0 Å². The minimum Gasteiger partial charge on any atom is -0.459 e. The largest absolute Gasteiger partial charge is 0.459 e. The number of aromatic nitrogens is 1. The Balaban J connectivity index is 1.82. The highest BCUT2D eigenvalue weighted by Gasteiger charge is 2.34. The van der Waals surface area contributed by atoms with E-state index in [0.717, 1.165) is 28.4 Å². The number of hydrogen-bond donors (Lipinski definition) is 1. The van der Waals surface area contributed by atoms with Crippen molar-refractivity contribution in [2.75, 3.05) is 0 Å². The first-order chi connectivity index (χ1) is 9.65. The van der Waals surface area contributed by atoms with Gasteiger partial charge in [0.05, 0.1) is 12.3 Å². The molecule has 1 atom stereocenters. The van der Waals surface area contributed by atoms with Crippen LogP contribution in [0.3, 0.4) is 0 Å². The van der Waals surface area contributed by atoms with E-state index in [0.29, 0.717) is 11.7 Å². The van der Waals surface area contributed by atoms with Crippen LogP contribution in [0.2, 0.25) is 0 Å². The van der Waals surface area contributed by atoms with E-state index >= 15 is 0 Å². The molecule has 1 saturated carbocycles. The number of aryl methyl sites for hydroxylation is 1. The van der Waals surface area contributed by atoms with E-state index in [-0.39, 0.29) is 11.9 Å². The maximum atomic E-state index is 12.3. The SMILES string of the molecule is Cc1ccoc1C(=O)N[C@@H](c1cncc(Br)c1)C1CC1. The second kappa shape index (κ2) is 5.40. The predicted octanol–water partition coefficient (Wildman–Crippen LogP) is 3.63. The molecule has 0 radical (unpaired) electrons. The zero-order valence-electron chi connectivity index (χ0n) is 11.1. The van der Waals surface area contributed by atoms with E-state index in [2.05, 4.69) is 26.2 Å². The summed E-state index contributed by atoms with van der Waals surface area (Å²) in [7, 11) is 0. The predicted molar refractivity (Wildman–Crippen MR) is 78.3 cm³/mol. The van der Waals surface area contributed by atoms with Crippen molar-refractivity contribution in [3.8, 4) is 0 Å². The van der Waals surface area contributed by atoms with Crippen LogP contribution in [0.1, 0.15) is 40.6 Å². The Morgan fingerprint density at radius 3 is 2.90 bits per heavy atom. The van der Waals surface area contributed by atoms with Gasteiger partial charge in [-0.2, -0.15) is 0 Å². The van der Waals surface area contributed by atoms with Gasteiger partial charge in [-0.25, -0.2) is 0 Å². The standard InChI is InChI=1S/C15H15BrN2O2/c1-9-4-5-20-14(9)15(19)18-13(10-2-3-10)11-6-12(16)8-17-7-11/h4-8,10,13H,2-3H2,1H3,(H,18,19)/t13-/m1/s1. The minimum absolute atomic E-state index is 0.00278. The molecule has 5 heteroatoms. The number of nitrogens with one attached hydrogen (secondary N) is 1. The molecule has 1 fully saturated rings. The summed E-state index contributed by atoms with van der Waals surface area (Å²) in [6, 6.07) is 3.80. The van der Waals surface area contributed by atoms with Crippen LogP contribution < -0.4 is 5.32 Å². The molecule has 20 heavy (non-hydrogen) atoms. The van der Waals surface area contributed by atoms with Crippen molar-refractivity contribution in [3.05, 3.63) is 52.1 Å². The quantitative estimate of drug-likeness (QED) is 0.928. The van der Waals surface area contributed by atoms with Crippen LogP contribution in [-0.4, -0.2) is 10.9 Å². The van der Waals surface area contributed by atoms with Gasteiger partial charge < -0.3 is 9.73 Å². The maximum absolute atomic E-state index is 12.3. The smallest absolute Gasteiger partial charge is 0.287 e. The van der Waals surface area contributed by atoms with Crippen LogP contribution in [0.25, 0.3) is 0 Å². The van der Waals surface area contributed by atoms with Crippen LogP contribution in [0, 0.1) is 12.8 Å². The van der Waals surface area contributed by atoms with Crippen molar-refractivity contribution >= 4 is 21.8 Å². The molecule has 0 saturated heterocycles. The van der Waals surface area contributed by atoms with Crippen LogP contribution in [0.5, 0.6) is 0 Å². The zero-order valence-corrected chi connectivity index (χ0v) is 12.7. The van der Waals surface area contributed by atoms with Gasteiger partial charge in [-0.3, -0.25) is 9.78 Å². The fourth-order valence-corrected chi connectivity index (χ4v) is 2.70. The summed E-state index contributed by atoms with van der Waals surface area (Å²) < 4.78 is 6.17. The van der Waals surface area contributed by atoms with Crippen molar-refractivity contribution in [2.24, 2.45) is 5.92 Å².